The topological polar surface area (TPSA) is 68.9 Å². The van der Waals surface area contributed by atoms with Gasteiger partial charge < -0.3 is 5.73 Å². The van der Waals surface area contributed by atoms with Crippen molar-refractivity contribution >= 4 is 33.6 Å². The normalized spacial score (nSPS) is 9.95. The van der Waals surface area contributed by atoms with Gasteiger partial charge in [0.1, 0.15) is 5.52 Å². The van der Waals surface area contributed by atoms with Crippen LogP contribution in [0.15, 0.2) is 24.5 Å². The smallest absolute Gasteiger partial charge is 0.185 e. The fraction of sp³-hybridized carbons (Fsp3) is 0.214. The van der Waals surface area contributed by atoms with Crippen LogP contribution in [0.3, 0.4) is 0 Å². The summed E-state index contributed by atoms with van der Waals surface area (Å²) in [6, 6.07) is 3.61. The van der Waals surface area contributed by atoms with E-state index in [2.05, 4.69) is 21.8 Å². The number of hydrogen-bond acceptors (Lipinski definition) is 5. The monoisotopic (exact) mass is 271 g/mol. The number of hydrogen-bond donors (Lipinski definition) is 1. The summed E-state index contributed by atoms with van der Waals surface area (Å²) in [6.07, 6.45) is 3.90. The number of rotatable bonds is 2. The van der Waals surface area contributed by atoms with Gasteiger partial charge in [-0.15, -0.1) is 0 Å². The minimum absolute atomic E-state index is 0.109. The van der Waals surface area contributed by atoms with E-state index < -0.39 is 0 Å². The molecule has 0 aliphatic rings. The maximum Gasteiger partial charge on any atom is 0.185 e. The van der Waals surface area contributed by atoms with Gasteiger partial charge in [0.2, 0.25) is 0 Å². The number of aromatic nitrogens is 2. The van der Waals surface area contributed by atoms with Crippen LogP contribution in [0.1, 0.15) is 18.9 Å². The minimum Gasteiger partial charge on any atom is -0.398 e. The molecule has 0 unspecified atom stereocenters. The molecule has 4 nitrogen and oxygen atoms in total. The first-order valence-electron chi connectivity index (χ1n) is 5.80. The van der Waals surface area contributed by atoms with E-state index in [0.717, 1.165) is 5.52 Å². The van der Waals surface area contributed by atoms with Crippen LogP contribution < -0.4 is 5.73 Å². The van der Waals surface area contributed by atoms with Crippen molar-refractivity contribution in [1.29, 1.82) is 0 Å². The van der Waals surface area contributed by atoms with Crippen molar-refractivity contribution in [1.82, 2.24) is 9.97 Å². The van der Waals surface area contributed by atoms with Gasteiger partial charge in [-0.05, 0) is 12.1 Å². The summed E-state index contributed by atoms with van der Waals surface area (Å²) in [6.45, 7) is 1.55. The molecule has 0 saturated carbocycles. The molecule has 19 heavy (non-hydrogen) atoms. The zero-order valence-corrected chi connectivity index (χ0v) is 11.3. The Bertz CT molecular complexity index is 673. The van der Waals surface area contributed by atoms with Crippen LogP contribution in [0.2, 0.25) is 0 Å². The van der Waals surface area contributed by atoms with Crippen molar-refractivity contribution in [3.05, 3.63) is 30.1 Å². The van der Waals surface area contributed by atoms with E-state index in [4.69, 9.17) is 5.73 Å². The van der Waals surface area contributed by atoms with Gasteiger partial charge in [0.15, 0.2) is 5.12 Å². The molecule has 0 fully saturated rings. The average molecular weight is 271 g/mol. The van der Waals surface area contributed by atoms with E-state index in [-0.39, 0.29) is 5.12 Å². The van der Waals surface area contributed by atoms with Crippen LogP contribution in [0.5, 0.6) is 0 Å². The number of nitrogen functional groups attached to an aromatic ring is 1. The van der Waals surface area contributed by atoms with E-state index >= 15 is 0 Å². The molecule has 0 amide bonds. The molecule has 0 aliphatic carbocycles. The molecule has 0 bridgehead atoms. The van der Waals surface area contributed by atoms with Crippen LogP contribution >= 0.6 is 11.8 Å². The van der Waals surface area contributed by atoms with Gasteiger partial charge >= 0.3 is 0 Å². The SMILES string of the molecule is CC(=O)SCCC#Cc1c(N)ccc2nccnc12. The zero-order chi connectivity index (χ0) is 13.7. The molecule has 0 radical (unpaired) electrons. The zero-order valence-electron chi connectivity index (χ0n) is 10.5. The van der Waals surface area contributed by atoms with E-state index in [1.165, 1.54) is 11.8 Å². The Hall–Kier alpha value is -2.06. The van der Waals surface area contributed by atoms with Gasteiger partial charge in [0.05, 0.1) is 11.1 Å². The summed E-state index contributed by atoms with van der Waals surface area (Å²) in [5.74, 6) is 6.74. The molecule has 0 aliphatic heterocycles. The number of carbonyl (C=O) groups excluding carboxylic acids is 1. The Morgan fingerprint density at radius 3 is 2.95 bits per heavy atom. The fourth-order valence-corrected chi connectivity index (χ4v) is 2.07. The summed E-state index contributed by atoms with van der Waals surface area (Å²) in [7, 11) is 0. The molecule has 0 saturated heterocycles. The van der Waals surface area contributed by atoms with Gasteiger partial charge in [-0.3, -0.25) is 14.8 Å². The number of thioether (sulfide) groups is 1. The van der Waals surface area contributed by atoms with E-state index in [1.807, 2.05) is 6.07 Å². The first-order chi connectivity index (χ1) is 9.18. The molecule has 1 aromatic carbocycles. The van der Waals surface area contributed by atoms with E-state index in [1.54, 1.807) is 25.4 Å². The fourth-order valence-electron chi connectivity index (χ4n) is 1.58. The van der Waals surface area contributed by atoms with Gasteiger partial charge in [-0.2, -0.15) is 0 Å². The summed E-state index contributed by atoms with van der Waals surface area (Å²) >= 11 is 1.27. The second-order valence-corrected chi connectivity index (χ2v) is 5.12. The maximum absolute atomic E-state index is 10.8. The molecule has 0 spiro atoms. The number of fused-ring (bicyclic) bond motifs is 1. The van der Waals surface area contributed by atoms with Crippen molar-refractivity contribution < 1.29 is 4.79 Å². The molecule has 2 aromatic rings. The highest BCUT2D eigenvalue weighted by Gasteiger charge is 2.04. The minimum atomic E-state index is 0.109. The lowest BCUT2D eigenvalue weighted by Gasteiger charge is -2.02. The molecular weight excluding hydrogens is 258 g/mol. The maximum atomic E-state index is 10.8. The predicted molar refractivity (Wildman–Crippen MR) is 78.6 cm³/mol. The summed E-state index contributed by atoms with van der Waals surface area (Å²) in [5, 5.41) is 0.109. The number of anilines is 1. The molecule has 5 heteroatoms. The van der Waals surface area contributed by atoms with Gasteiger partial charge in [0.25, 0.3) is 0 Å². The predicted octanol–water partition coefficient (Wildman–Crippen LogP) is 2.23. The van der Waals surface area contributed by atoms with Crippen molar-refractivity contribution in [3.63, 3.8) is 0 Å². The van der Waals surface area contributed by atoms with Crippen LogP contribution in [0.4, 0.5) is 5.69 Å². The van der Waals surface area contributed by atoms with Crippen molar-refractivity contribution in [2.75, 3.05) is 11.5 Å². The Morgan fingerprint density at radius 2 is 2.16 bits per heavy atom. The van der Waals surface area contributed by atoms with Gasteiger partial charge in [-0.1, -0.05) is 23.6 Å². The molecule has 1 aromatic heterocycles. The number of carbonyl (C=O) groups is 1. The van der Waals surface area contributed by atoms with Crippen molar-refractivity contribution in [2.24, 2.45) is 0 Å². The first kappa shape index (κ1) is 13.4. The lowest BCUT2D eigenvalue weighted by molar-refractivity contribution is -0.109. The van der Waals surface area contributed by atoms with Crippen molar-refractivity contribution in [3.8, 4) is 11.8 Å². The number of benzene rings is 1. The van der Waals surface area contributed by atoms with E-state index in [0.29, 0.717) is 28.9 Å². The molecule has 96 valence electrons. The third-order valence-electron chi connectivity index (χ3n) is 2.42. The van der Waals surface area contributed by atoms with Gasteiger partial charge in [-0.25, -0.2) is 0 Å². The average Bonchev–Trinajstić information content (AvgIpc) is 2.40. The van der Waals surface area contributed by atoms with Crippen LogP contribution in [0, 0.1) is 11.8 Å². The summed E-state index contributed by atoms with van der Waals surface area (Å²) in [5.41, 5.74) is 8.72. The molecule has 0 atom stereocenters. The van der Waals surface area contributed by atoms with Gasteiger partial charge in [0, 0.05) is 37.2 Å². The molecule has 2 N–H and O–H groups in total. The highest BCUT2D eigenvalue weighted by molar-refractivity contribution is 8.13. The highest BCUT2D eigenvalue weighted by atomic mass is 32.2. The quantitative estimate of drug-likeness (QED) is 0.515. The number of nitrogens with zero attached hydrogens (tertiary/aromatic N) is 2. The Labute approximate surface area is 115 Å². The summed E-state index contributed by atoms with van der Waals surface area (Å²) in [4.78, 5) is 19.3. The van der Waals surface area contributed by atoms with Crippen LogP contribution in [-0.2, 0) is 4.79 Å². The van der Waals surface area contributed by atoms with E-state index in [9.17, 15) is 4.79 Å². The van der Waals surface area contributed by atoms with Crippen LogP contribution in [0.25, 0.3) is 11.0 Å². The lowest BCUT2D eigenvalue weighted by Crippen LogP contribution is -1.94. The Kier molecular flexibility index (Phi) is 4.37. The third-order valence-corrected chi connectivity index (χ3v) is 3.23. The first-order valence-corrected chi connectivity index (χ1v) is 6.78. The Morgan fingerprint density at radius 1 is 1.37 bits per heavy atom. The molecular formula is C14H13N3OS. The number of nitrogens with two attached hydrogens (primary N) is 1. The molecule has 1 heterocycles. The van der Waals surface area contributed by atoms with Crippen LogP contribution in [-0.4, -0.2) is 20.8 Å². The Balaban J connectivity index is 2.22. The standard InChI is InChI=1S/C14H13N3OS/c1-10(18)19-9-3-2-4-11-12(15)5-6-13-14(11)17-8-7-16-13/h5-8H,3,9,15H2,1H3. The second kappa shape index (κ2) is 6.21. The van der Waals surface area contributed by atoms with Crippen molar-refractivity contribution in [2.45, 2.75) is 13.3 Å². The molecule has 2 rings (SSSR count). The third kappa shape index (κ3) is 3.46. The lowest BCUT2D eigenvalue weighted by atomic mass is 10.1. The largest absolute Gasteiger partial charge is 0.398 e. The summed E-state index contributed by atoms with van der Waals surface area (Å²) < 4.78 is 0. The highest BCUT2D eigenvalue weighted by Crippen LogP contribution is 2.19. The second-order valence-electron chi connectivity index (χ2n) is 3.85.